The van der Waals surface area contributed by atoms with Gasteiger partial charge in [-0.3, -0.25) is 0 Å². The van der Waals surface area contributed by atoms with Gasteiger partial charge in [-0.25, -0.2) is 0 Å². The topological polar surface area (TPSA) is 30.5 Å². The van der Waals surface area contributed by atoms with Crippen molar-refractivity contribution in [1.82, 2.24) is 5.32 Å². The van der Waals surface area contributed by atoms with Gasteiger partial charge in [0.05, 0.1) is 13.7 Å². The molecule has 0 fully saturated rings. The molecule has 19 heavy (non-hydrogen) atoms. The van der Waals surface area contributed by atoms with Gasteiger partial charge in [0.2, 0.25) is 0 Å². The molecule has 2 rings (SSSR count). The largest absolute Gasteiger partial charge is 0.496 e. The minimum atomic E-state index is 0.339. The third-order valence-corrected chi connectivity index (χ3v) is 3.25. The summed E-state index contributed by atoms with van der Waals surface area (Å²) in [6.45, 7) is 3.67. The Labute approximate surface area is 114 Å². The predicted molar refractivity (Wildman–Crippen MR) is 78.7 cm³/mol. The van der Waals surface area contributed by atoms with Gasteiger partial charge in [-0.15, -0.1) is 0 Å². The van der Waals surface area contributed by atoms with Crippen LogP contribution in [0.5, 0.6) is 5.75 Å². The zero-order valence-corrected chi connectivity index (χ0v) is 11.8. The lowest BCUT2D eigenvalue weighted by atomic mass is 10.0. The fourth-order valence-corrected chi connectivity index (χ4v) is 2.26. The molecule has 0 bridgehead atoms. The van der Waals surface area contributed by atoms with Crippen molar-refractivity contribution in [2.45, 2.75) is 19.5 Å². The van der Waals surface area contributed by atoms with Crippen LogP contribution in [0.15, 0.2) is 36.4 Å². The molecule has 102 valence electrons. The first kappa shape index (κ1) is 13.8. The number of benzene rings is 2. The van der Waals surface area contributed by atoms with Crippen molar-refractivity contribution in [3.05, 3.63) is 42.0 Å². The maximum atomic E-state index is 5.41. The van der Waals surface area contributed by atoms with E-state index in [-0.39, 0.29) is 0 Å². The fraction of sp³-hybridized carbons (Fsp3) is 0.375. The van der Waals surface area contributed by atoms with Gasteiger partial charge >= 0.3 is 0 Å². The van der Waals surface area contributed by atoms with Crippen LogP contribution in [0.1, 0.15) is 12.5 Å². The van der Waals surface area contributed by atoms with E-state index in [0.717, 1.165) is 17.7 Å². The number of hydrogen-bond donors (Lipinski definition) is 1. The van der Waals surface area contributed by atoms with E-state index in [1.165, 1.54) is 10.9 Å². The first-order valence-corrected chi connectivity index (χ1v) is 6.53. The standard InChI is InChI=1S/C16H21NO2/c1-12(11-18-2)17-10-13-8-9-16(19-3)15-7-5-4-6-14(13)15/h4-9,12,17H,10-11H2,1-3H3. The van der Waals surface area contributed by atoms with Crippen molar-refractivity contribution < 1.29 is 9.47 Å². The van der Waals surface area contributed by atoms with Crippen LogP contribution in [0, 0.1) is 0 Å². The SMILES string of the molecule is COCC(C)NCc1ccc(OC)c2ccccc12. The van der Waals surface area contributed by atoms with E-state index in [9.17, 15) is 0 Å². The summed E-state index contributed by atoms with van der Waals surface area (Å²) in [4.78, 5) is 0. The number of nitrogens with one attached hydrogen (secondary N) is 1. The lowest BCUT2D eigenvalue weighted by molar-refractivity contribution is 0.172. The molecule has 1 N–H and O–H groups in total. The van der Waals surface area contributed by atoms with Gasteiger partial charge in [0.25, 0.3) is 0 Å². The van der Waals surface area contributed by atoms with Gasteiger partial charge in [-0.2, -0.15) is 0 Å². The van der Waals surface area contributed by atoms with Crippen molar-refractivity contribution in [2.75, 3.05) is 20.8 Å². The fourth-order valence-electron chi connectivity index (χ4n) is 2.26. The lowest BCUT2D eigenvalue weighted by Crippen LogP contribution is -2.29. The molecule has 0 aliphatic carbocycles. The molecule has 1 atom stereocenters. The van der Waals surface area contributed by atoms with Crippen molar-refractivity contribution >= 4 is 10.8 Å². The van der Waals surface area contributed by atoms with Crippen LogP contribution in [0.25, 0.3) is 10.8 Å². The van der Waals surface area contributed by atoms with Gasteiger partial charge in [-0.05, 0) is 23.9 Å². The van der Waals surface area contributed by atoms with Crippen LogP contribution in [0.4, 0.5) is 0 Å². The monoisotopic (exact) mass is 259 g/mol. The Morgan fingerprint density at radius 3 is 2.47 bits per heavy atom. The number of methoxy groups -OCH3 is 2. The molecule has 3 heteroatoms. The van der Waals surface area contributed by atoms with Crippen LogP contribution < -0.4 is 10.1 Å². The molecule has 0 amide bonds. The third kappa shape index (κ3) is 3.25. The van der Waals surface area contributed by atoms with Crippen molar-refractivity contribution in [2.24, 2.45) is 0 Å². The molecule has 3 nitrogen and oxygen atoms in total. The highest BCUT2D eigenvalue weighted by atomic mass is 16.5. The molecule has 0 aromatic heterocycles. The molecule has 0 aliphatic rings. The first-order valence-electron chi connectivity index (χ1n) is 6.53. The minimum Gasteiger partial charge on any atom is -0.496 e. The summed E-state index contributed by atoms with van der Waals surface area (Å²) in [6.07, 6.45) is 0. The van der Waals surface area contributed by atoms with Crippen molar-refractivity contribution in [3.63, 3.8) is 0 Å². The quantitative estimate of drug-likeness (QED) is 0.865. The van der Waals surface area contributed by atoms with Crippen LogP contribution >= 0.6 is 0 Å². The predicted octanol–water partition coefficient (Wildman–Crippen LogP) is 2.97. The van der Waals surface area contributed by atoms with Crippen LogP contribution in [-0.4, -0.2) is 26.9 Å². The molecular weight excluding hydrogens is 238 g/mol. The average molecular weight is 259 g/mol. The van der Waals surface area contributed by atoms with E-state index in [2.05, 4.69) is 36.5 Å². The summed E-state index contributed by atoms with van der Waals surface area (Å²) in [5.74, 6) is 0.921. The second-order valence-electron chi connectivity index (χ2n) is 4.71. The second kappa shape index (κ2) is 6.55. The second-order valence-corrected chi connectivity index (χ2v) is 4.71. The zero-order valence-electron chi connectivity index (χ0n) is 11.8. The highest BCUT2D eigenvalue weighted by molar-refractivity contribution is 5.91. The van der Waals surface area contributed by atoms with Gasteiger partial charge < -0.3 is 14.8 Å². The third-order valence-electron chi connectivity index (χ3n) is 3.25. The summed E-state index contributed by atoms with van der Waals surface area (Å²) in [6, 6.07) is 12.8. The molecule has 2 aromatic rings. The van der Waals surface area contributed by atoms with Gasteiger partial charge in [0, 0.05) is 25.1 Å². The summed E-state index contributed by atoms with van der Waals surface area (Å²) in [7, 11) is 3.43. The Kier molecular flexibility index (Phi) is 4.77. The average Bonchev–Trinajstić information content (AvgIpc) is 2.45. The van der Waals surface area contributed by atoms with Crippen LogP contribution in [0.2, 0.25) is 0 Å². The molecule has 0 heterocycles. The molecule has 0 radical (unpaired) electrons. The molecule has 0 spiro atoms. The normalized spacial score (nSPS) is 12.6. The summed E-state index contributed by atoms with van der Waals surface area (Å²) < 4.78 is 10.5. The van der Waals surface area contributed by atoms with Crippen molar-refractivity contribution in [1.29, 1.82) is 0 Å². The number of hydrogen-bond acceptors (Lipinski definition) is 3. The van der Waals surface area contributed by atoms with Gasteiger partial charge in [0.15, 0.2) is 0 Å². The van der Waals surface area contributed by atoms with E-state index in [1.807, 2.05) is 12.1 Å². The Hall–Kier alpha value is -1.58. The van der Waals surface area contributed by atoms with Crippen LogP contribution in [0.3, 0.4) is 0 Å². The molecule has 0 saturated heterocycles. The maximum absolute atomic E-state index is 5.41. The highest BCUT2D eigenvalue weighted by Crippen LogP contribution is 2.28. The summed E-state index contributed by atoms with van der Waals surface area (Å²) in [5, 5.41) is 5.85. The zero-order chi connectivity index (χ0) is 13.7. The van der Waals surface area contributed by atoms with E-state index in [0.29, 0.717) is 12.6 Å². The summed E-state index contributed by atoms with van der Waals surface area (Å²) in [5.41, 5.74) is 1.28. The Morgan fingerprint density at radius 1 is 1.05 bits per heavy atom. The maximum Gasteiger partial charge on any atom is 0.126 e. The smallest absolute Gasteiger partial charge is 0.126 e. The Morgan fingerprint density at radius 2 is 1.79 bits per heavy atom. The Balaban J connectivity index is 2.24. The first-order chi connectivity index (χ1) is 9.26. The molecule has 1 unspecified atom stereocenters. The van der Waals surface area contributed by atoms with E-state index in [4.69, 9.17) is 9.47 Å². The lowest BCUT2D eigenvalue weighted by Gasteiger charge is -2.15. The summed E-state index contributed by atoms with van der Waals surface area (Å²) >= 11 is 0. The van der Waals surface area contributed by atoms with E-state index >= 15 is 0 Å². The number of fused-ring (bicyclic) bond motifs is 1. The number of rotatable bonds is 6. The molecular formula is C16H21NO2. The minimum absolute atomic E-state index is 0.339. The van der Waals surface area contributed by atoms with E-state index in [1.54, 1.807) is 14.2 Å². The van der Waals surface area contributed by atoms with Crippen molar-refractivity contribution in [3.8, 4) is 5.75 Å². The number of ether oxygens (including phenoxy) is 2. The highest BCUT2D eigenvalue weighted by Gasteiger charge is 2.07. The molecule has 0 aliphatic heterocycles. The van der Waals surface area contributed by atoms with Gasteiger partial charge in [-0.1, -0.05) is 30.3 Å². The van der Waals surface area contributed by atoms with Gasteiger partial charge in [0.1, 0.15) is 5.75 Å². The molecule has 0 saturated carbocycles. The Bertz CT molecular complexity index is 539. The van der Waals surface area contributed by atoms with E-state index < -0.39 is 0 Å². The molecule has 2 aromatic carbocycles. The van der Waals surface area contributed by atoms with Crippen LogP contribution in [-0.2, 0) is 11.3 Å².